The molecular formula is C16H13Cl2NO5. The van der Waals surface area contributed by atoms with Crippen LogP contribution in [0.4, 0.5) is 5.69 Å². The Hall–Kier alpha value is -2.31. The minimum absolute atomic E-state index is 0.00209. The quantitative estimate of drug-likeness (QED) is 0.417. The van der Waals surface area contributed by atoms with E-state index in [1.165, 1.54) is 12.1 Å². The van der Waals surface area contributed by atoms with E-state index in [2.05, 4.69) is 0 Å². The van der Waals surface area contributed by atoms with E-state index < -0.39 is 10.9 Å². The van der Waals surface area contributed by atoms with Crippen LogP contribution in [0.2, 0.25) is 10.0 Å². The second-order valence-corrected chi connectivity index (χ2v) is 5.56. The number of benzene rings is 2. The summed E-state index contributed by atoms with van der Waals surface area (Å²) in [5.41, 5.74) is 0.495. The Bertz CT molecular complexity index is 751. The topological polar surface area (TPSA) is 78.7 Å². The van der Waals surface area contributed by atoms with Crippen LogP contribution in [-0.4, -0.2) is 24.1 Å². The number of carbonyl (C=O) groups excluding carboxylic acids is 1. The van der Waals surface area contributed by atoms with Gasteiger partial charge in [0.25, 0.3) is 5.69 Å². The van der Waals surface area contributed by atoms with Crippen molar-refractivity contribution in [1.82, 2.24) is 0 Å². The molecule has 0 saturated carbocycles. The highest BCUT2D eigenvalue weighted by Gasteiger charge is 2.13. The van der Waals surface area contributed by atoms with Gasteiger partial charge >= 0.3 is 5.97 Å². The lowest BCUT2D eigenvalue weighted by Crippen LogP contribution is -2.16. The van der Waals surface area contributed by atoms with E-state index in [4.69, 9.17) is 32.7 Å². The minimum atomic E-state index is -0.598. The maximum Gasteiger partial charge on any atom is 0.344 e. The van der Waals surface area contributed by atoms with Gasteiger partial charge in [0.1, 0.15) is 5.75 Å². The second kappa shape index (κ2) is 8.52. The van der Waals surface area contributed by atoms with E-state index >= 15 is 0 Å². The molecule has 2 aromatic carbocycles. The van der Waals surface area contributed by atoms with Gasteiger partial charge in [-0.05, 0) is 18.2 Å². The first-order valence-electron chi connectivity index (χ1n) is 6.93. The molecule has 0 spiro atoms. The summed E-state index contributed by atoms with van der Waals surface area (Å²) in [6, 6.07) is 10.9. The number of ether oxygens (including phenoxy) is 2. The normalized spacial score (nSPS) is 10.2. The Morgan fingerprint density at radius 1 is 1.17 bits per heavy atom. The minimum Gasteiger partial charge on any atom is -0.480 e. The molecule has 2 rings (SSSR count). The molecule has 0 heterocycles. The van der Waals surface area contributed by atoms with Crippen molar-refractivity contribution >= 4 is 34.9 Å². The summed E-state index contributed by atoms with van der Waals surface area (Å²) in [7, 11) is 0. The summed E-state index contributed by atoms with van der Waals surface area (Å²) in [6.07, 6.45) is 0.241. The molecule has 0 unspecified atom stereocenters. The molecule has 0 saturated heterocycles. The molecular weight excluding hydrogens is 357 g/mol. The summed E-state index contributed by atoms with van der Waals surface area (Å²) < 4.78 is 10.3. The number of rotatable bonds is 7. The molecule has 0 aliphatic heterocycles. The highest BCUT2D eigenvalue weighted by molar-refractivity contribution is 6.35. The third kappa shape index (κ3) is 5.11. The van der Waals surface area contributed by atoms with Crippen LogP contribution >= 0.6 is 23.2 Å². The number of para-hydroxylation sites is 1. The van der Waals surface area contributed by atoms with Gasteiger partial charge < -0.3 is 9.47 Å². The molecule has 0 N–H and O–H groups in total. The molecule has 0 fully saturated rings. The van der Waals surface area contributed by atoms with Gasteiger partial charge in [-0.2, -0.15) is 0 Å². The van der Waals surface area contributed by atoms with Crippen LogP contribution in [0, 0.1) is 10.1 Å². The average Bonchev–Trinajstić information content (AvgIpc) is 2.54. The van der Waals surface area contributed by atoms with Crippen LogP contribution < -0.4 is 4.74 Å². The molecule has 0 bridgehead atoms. The highest BCUT2D eigenvalue weighted by atomic mass is 35.5. The predicted molar refractivity (Wildman–Crippen MR) is 89.7 cm³/mol. The lowest BCUT2D eigenvalue weighted by molar-refractivity contribution is -0.385. The van der Waals surface area contributed by atoms with Crippen molar-refractivity contribution in [2.24, 2.45) is 0 Å². The molecule has 2 aromatic rings. The van der Waals surface area contributed by atoms with Gasteiger partial charge in [0.05, 0.1) is 16.6 Å². The molecule has 0 aliphatic carbocycles. The molecule has 6 nitrogen and oxygen atoms in total. The van der Waals surface area contributed by atoms with E-state index in [1.807, 2.05) is 0 Å². The zero-order valence-corrected chi connectivity index (χ0v) is 13.9. The number of nitrogens with zero attached hydrogens (tertiary/aromatic N) is 1. The summed E-state index contributed by atoms with van der Waals surface area (Å²) in [5, 5.41) is 11.6. The molecule has 0 aliphatic rings. The van der Waals surface area contributed by atoms with Crippen molar-refractivity contribution in [1.29, 1.82) is 0 Å². The van der Waals surface area contributed by atoms with Crippen LogP contribution in [0.5, 0.6) is 5.75 Å². The highest BCUT2D eigenvalue weighted by Crippen LogP contribution is 2.27. The molecule has 0 atom stereocenters. The van der Waals surface area contributed by atoms with E-state index in [-0.39, 0.29) is 30.3 Å². The Balaban J connectivity index is 1.81. The Labute approximate surface area is 148 Å². The monoisotopic (exact) mass is 369 g/mol. The van der Waals surface area contributed by atoms with E-state index in [0.29, 0.717) is 16.3 Å². The van der Waals surface area contributed by atoms with E-state index in [1.54, 1.807) is 30.3 Å². The number of hydrogen-bond acceptors (Lipinski definition) is 5. The fourth-order valence-corrected chi connectivity index (χ4v) is 2.41. The fourth-order valence-electron chi connectivity index (χ4n) is 1.95. The standard InChI is InChI=1S/C16H13Cl2NO5/c17-12-5-6-15(13(18)9-12)24-10-16(20)23-8-7-11-3-1-2-4-14(11)19(21)22/h1-6,9H,7-8,10H2. The lowest BCUT2D eigenvalue weighted by atomic mass is 10.1. The third-order valence-electron chi connectivity index (χ3n) is 3.06. The molecule has 8 heteroatoms. The molecule has 0 aromatic heterocycles. The number of nitro groups is 1. The van der Waals surface area contributed by atoms with Crippen molar-refractivity contribution in [3.63, 3.8) is 0 Å². The third-order valence-corrected chi connectivity index (χ3v) is 3.59. The van der Waals surface area contributed by atoms with Crippen molar-refractivity contribution in [3.8, 4) is 5.75 Å². The van der Waals surface area contributed by atoms with Crippen molar-refractivity contribution in [3.05, 3.63) is 68.2 Å². The van der Waals surface area contributed by atoms with Gasteiger partial charge in [-0.15, -0.1) is 0 Å². The molecule has 126 valence electrons. The Morgan fingerprint density at radius 2 is 1.92 bits per heavy atom. The SMILES string of the molecule is O=C(COc1ccc(Cl)cc1Cl)OCCc1ccccc1[N+](=O)[O-]. The largest absolute Gasteiger partial charge is 0.480 e. The first kappa shape index (κ1) is 18.0. The second-order valence-electron chi connectivity index (χ2n) is 4.72. The van der Waals surface area contributed by atoms with Crippen LogP contribution in [0.15, 0.2) is 42.5 Å². The average molecular weight is 370 g/mol. The van der Waals surface area contributed by atoms with Crippen molar-refractivity contribution in [2.45, 2.75) is 6.42 Å². The predicted octanol–water partition coefficient (Wildman–Crippen LogP) is 4.07. The number of carbonyl (C=O) groups is 1. The first-order valence-corrected chi connectivity index (χ1v) is 7.68. The van der Waals surface area contributed by atoms with Gasteiger partial charge in [-0.1, -0.05) is 41.4 Å². The molecule has 0 radical (unpaired) electrons. The maximum absolute atomic E-state index is 11.7. The number of halogens is 2. The van der Waals surface area contributed by atoms with Gasteiger partial charge in [-0.25, -0.2) is 4.79 Å². The molecule has 0 amide bonds. The summed E-state index contributed by atoms with van der Waals surface area (Å²) in [4.78, 5) is 22.1. The van der Waals surface area contributed by atoms with Gasteiger partial charge in [0.15, 0.2) is 6.61 Å². The van der Waals surface area contributed by atoms with Crippen LogP contribution in [0.3, 0.4) is 0 Å². The zero-order chi connectivity index (χ0) is 17.5. The lowest BCUT2D eigenvalue weighted by Gasteiger charge is -2.08. The Morgan fingerprint density at radius 3 is 2.62 bits per heavy atom. The van der Waals surface area contributed by atoms with Gasteiger partial charge in [-0.3, -0.25) is 10.1 Å². The van der Waals surface area contributed by atoms with Gasteiger partial charge in [0.2, 0.25) is 0 Å². The van der Waals surface area contributed by atoms with Crippen molar-refractivity contribution in [2.75, 3.05) is 13.2 Å². The number of hydrogen-bond donors (Lipinski definition) is 0. The Kier molecular flexibility index (Phi) is 6.40. The summed E-state index contributed by atoms with van der Waals surface area (Å²) in [6.45, 7) is -0.306. The maximum atomic E-state index is 11.7. The zero-order valence-electron chi connectivity index (χ0n) is 12.4. The number of nitro benzene ring substituents is 1. The van der Waals surface area contributed by atoms with Crippen molar-refractivity contribution < 1.29 is 19.2 Å². The van der Waals surface area contributed by atoms with Gasteiger partial charge in [0, 0.05) is 23.1 Å². The molecule has 24 heavy (non-hydrogen) atoms. The summed E-state index contributed by atoms with van der Waals surface area (Å²) in [5.74, 6) is -0.281. The fraction of sp³-hybridized carbons (Fsp3) is 0.188. The van der Waals surface area contributed by atoms with E-state index in [9.17, 15) is 14.9 Å². The summed E-state index contributed by atoms with van der Waals surface area (Å²) >= 11 is 11.7. The first-order chi connectivity index (χ1) is 11.5. The van der Waals surface area contributed by atoms with Crippen LogP contribution in [-0.2, 0) is 16.0 Å². The van der Waals surface area contributed by atoms with E-state index in [0.717, 1.165) is 0 Å². The smallest absolute Gasteiger partial charge is 0.344 e. The number of esters is 1. The van der Waals surface area contributed by atoms with Crippen LogP contribution in [0.1, 0.15) is 5.56 Å². The van der Waals surface area contributed by atoms with Crippen LogP contribution in [0.25, 0.3) is 0 Å².